The highest BCUT2D eigenvalue weighted by atomic mass is 16.5. The van der Waals surface area contributed by atoms with Crippen molar-refractivity contribution in [2.75, 3.05) is 13.2 Å². The topological polar surface area (TPSA) is 52.6 Å². The summed E-state index contributed by atoms with van der Waals surface area (Å²) in [7, 11) is 0. The molecule has 24 heavy (non-hydrogen) atoms. The number of hydrogen-bond donors (Lipinski definition) is 0. The zero-order chi connectivity index (χ0) is 18.2. The van der Waals surface area contributed by atoms with Gasteiger partial charge in [-0.25, -0.2) is 9.59 Å². The van der Waals surface area contributed by atoms with Gasteiger partial charge < -0.3 is 9.47 Å². The zero-order valence-corrected chi connectivity index (χ0v) is 16.1. The maximum atomic E-state index is 12.4. The first-order chi connectivity index (χ1) is 11.6. The Morgan fingerprint density at radius 2 is 1.08 bits per heavy atom. The first kappa shape index (κ1) is 22.7. The van der Waals surface area contributed by atoms with Crippen molar-refractivity contribution in [2.24, 2.45) is 0 Å². The van der Waals surface area contributed by atoms with Crippen LogP contribution in [-0.4, -0.2) is 25.2 Å². The van der Waals surface area contributed by atoms with E-state index >= 15 is 0 Å². The van der Waals surface area contributed by atoms with Crippen molar-refractivity contribution >= 4 is 11.9 Å². The van der Waals surface area contributed by atoms with E-state index in [-0.39, 0.29) is 11.9 Å². The molecular weight excluding hydrogens is 304 g/mol. The lowest BCUT2D eigenvalue weighted by Crippen LogP contribution is -2.17. The number of rotatable bonds is 14. The van der Waals surface area contributed by atoms with Crippen LogP contribution in [0.2, 0.25) is 0 Å². The van der Waals surface area contributed by atoms with Crippen molar-refractivity contribution in [1.82, 2.24) is 0 Å². The van der Waals surface area contributed by atoms with Crippen LogP contribution in [-0.2, 0) is 19.1 Å². The predicted molar refractivity (Wildman–Crippen MR) is 97.8 cm³/mol. The highest BCUT2D eigenvalue weighted by Crippen LogP contribution is 2.21. The fourth-order valence-electron chi connectivity index (χ4n) is 2.47. The number of carbonyl (C=O) groups is 2. The second-order valence-electron chi connectivity index (χ2n) is 6.14. The Morgan fingerprint density at radius 3 is 1.54 bits per heavy atom. The molecule has 0 atom stereocenters. The van der Waals surface area contributed by atoms with Crippen molar-refractivity contribution in [3.63, 3.8) is 0 Å². The van der Waals surface area contributed by atoms with Crippen LogP contribution in [0.15, 0.2) is 11.1 Å². The summed E-state index contributed by atoms with van der Waals surface area (Å²) in [5, 5.41) is 0. The molecule has 0 unspecified atom stereocenters. The Balaban J connectivity index is 5.13. The second kappa shape index (κ2) is 15.2. The van der Waals surface area contributed by atoms with Gasteiger partial charge >= 0.3 is 11.9 Å². The van der Waals surface area contributed by atoms with E-state index in [1.807, 2.05) is 20.8 Å². The monoisotopic (exact) mass is 340 g/mol. The molecule has 0 aromatic heterocycles. The van der Waals surface area contributed by atoms with Gasteiger partial charge in [0.15, 0.2) is 0 Å². The lowest BCUT2D eigenvalue weighted by Gasteiger charge is -2.14. The van der Waals surface area contributed by atoms with Gasteiger partial charge in [-0.05, 0) is 32.1 Å². The minimum atomic E-state index is -0.351. The fraction of sp³-hybridized carbons (Fsp3) is 0.800. The van der Waals surface area contributed by atoms with E-state index < -0.39 is 0 Å². The standard InChI is InChI=1S/C20H36O4/c1-5-9-10-11-12-14-18(20(22)24-16-8-4)17(13-6-2)19(21)23-15-7-3/h5-16H2,1-4H3/b18-17-. The van der Waals surface area contributed by atoms with E-state index in [9.17, 15) is 9.59 Å². The molecule has 0 N–H and O–H groups in total. The van der Waals surface area contributed by atoms with Crippen molar-refractivity contribution in [2.45, 2.75) is 91.9 Å². The average molecular weight is 341 g/mol. The molecule has 0 aliphatic carbocycles. The van der Waals surface area contributed by atoms with Crippen molar-refractivity contribution in [1.29, 1.82) is 0 Å². The molecule has 0 radical (unpaired) electrons. The normalized spacial score (nSPS) is 11.8. The van der Waals surface area contributed by atoms with Crippen LogP contribution in [0.1, 0.15) is 91.9 Å². The summed E-state index contributed by atoms with van der Waals surface area (Å²) < 4.78 is 10.6. The lowest BCUT2D eigenvalue weighted by atomic mass is 9.97. The van der Waals surface area contributed by atoms with Gasteiger partial charge in [0.05, 0.1) is 13.2 Å². The molecule has 0 saturated heterocycles. The minimum absolute atomic E-state index is 0.343. The zero-order valence-electron chi connectivity index (χ0n) is 16.1. The molecule has 0 rings (SSSR count). The molecule has 0 bridgehead atoms. The molecule has 4 nitrogen and oxygen atoms in total. The van der Waals surface area contributed by atoms with E-state index in [0.29, 0.717) is 37.2 Å². The summed E-state index contributed by atoms with van der Waals surface area (Å²) in [6, 6.07) is 0. The van der Waals surface area contributed by atoms with E-state index in [2.05, 4.69) is 6.92 Å². The Bertz CT molecular complexity index is 385. The van der Waals surface area contributed by atoms with Crippen LogP contribution >= 0.6 is 0 Å². The van der Waals surface area contributed by atoms with Crippen LogP contribution in [0.25, 0.3) is 0 Å². The quantitative estimate of drug-likeness (QED) is 0.243. The second-order valence-corrected chi connectivity index (χ2v) is 6.14. The van der Waals surface area contributed by atoms with Gasteiger partial charge in [-0.1, -0.05) is 59.8 Å². The third-order valence-corrected chi connectivity index (χ3v) is 3.76. The summed E-state index contributed by atoms with van der Waals surface area (Å²) in [4.78, 5) is 24.8. The summed E-state index contributed by atoms with van der Waals surface area (Å²) >= 11 is 0. The third kappa shape index (κ3) is 9.74. The summed E-state index contributed by atoms with van der Waals surface area (Å²) in [6.07, 6.45) is 9.06. The molecule has 0 aromatic carbocycles. The maximum absolute atomic E-state index is 12.4. The van der Waals surface area contributed by atoms with Gasteiger partial charge in [0.25, 0.3) is 0 Å². The van der Waals surface area contributed by atoms with Crippen molar-refractivity contribution in [3.8, 4) is 0 Å². The lowest BCUT2D eigenvalue weighted by molar-refractivity contribution is -0.142. The van der Waals surface area contributed by atoms with Crippen LogP contribution in [0.5, 0.6) is 0 Å². The smallest absolute Gasteiger partial charge is 0.334 e. The highest BCUT2D eigenvalue weighted by molar-refractivity contribution is 6.00. The van der Waals surface area contributed by atoms with E-state index in [4.69, 9.17) is 9.47 Å². The summed E-state index contributed by atoms with van der Waals surface area (Å²) in [5.41, 5.74) is 1.05. The van der Waals surface area contributed by atoms with Crippen LogP contribution in [0, 0.1) is 0 Å². The Labute approximate surface area is 148 Å². The fourth-order valence-corrected chi connectivity index (χ4v) is 2.47. The predicted octanol–water partition coefficient (Wildman–Crippen LogP) is 5.35. The molecule has 0 saturated carbocycles. The van der Waals surface area contributed by atoms with Crippen LogP contribution < -0.4 is 0 Å². The number of esters is 2. The Morgan fingerprint density at radius 1 is 0.583 bits per heavy atom. The third-order valence-electron chi connectivity index (χ3n) is 3.76. The van der Waals surface area contributed by atoms with Crippen molar-refractivity contribution in [3.05, 3.63) is 11.1 Å². The number of unbranched alkanes of at least 4 members (excludes halogenated alkanes) is 4. The Kier molecular flexibility index (Phi) is 14.4. The molecule has 0 aliphatic rings. The van der Waals surface area contributed by atoms with E-state index in [1.165, 1.54) is 12.8 Å². The molecule has 0 amide bonds. The average Bonchev–Trinajstić information content (AvgIpc) is 2.59. The molecule has 0 spiro atoms. The molecule has 0 fully saturated rings. The molecule has 0 aromatic rings. The van der Waals surface area contributed by atoms with Gasteiger partial charge in [-0.3, -0.25) is 0 Å². The number of ether oxygens (including phenoxy) is 2. The highest BCUT2D eigenvalue weighted by Gasteiger charge is 2.22. The maximum Gasteiger partial charge on any atom is 0.334 e. The number of carbonyl (C=O) groups excluding carboxylic acids is 2. The molecule has 4 heteroatoms. The minimum Gasteiger partial charge on any atom is -0.462 e. The van der Waals surface area contributed by atoms with Gasteiger partial charge in [0.2, 0.25) is 0 Å². The van der Waals surface area contributed by atoms with Crippen LogP contribution in [0.3, 0.4) is 0 Å². The van der Waals surface area contributed by atoms with Gasteiger partial charge in [-0.2, -0.15) is 0 Å². The van der Waals surface area contributed by atoms with Crippen molar-refractivity contribution < 1.29 is 19.1 Å². The summed E-state index contributed by atoms with van der Waals surface area (Å²) in [5.74, 6) is -0.694. The van der Waals surface area contributed by atoms with Gasteiger partial charge in [0, 0.05) is 11.1 Å². The first-order valence-corrected chi connectivity index (χ1v) is 9.68. The van der Waals surface area contributed by atoms with Gasteiger partial charge in [0.1, 0.15) is 0 Å². The van der Waals surface area contributed by atoms with Crippen LogP contribution in [0.4, 0.5) is 0 Å². The summed E-state index contributed by atoms with van der Waals surface area (Å²) in [6.45, 7) is 8.88. The Hall–Kier alpha value is -1.32. The van der Waals surface area contributed by atoms with E-state index in [0.717, 1.165) is 38.5 Å². The first-order valence-electron chi connectivity index (χ1n) is 9.68. The van der Waals surface area contributed by atoms with Gasteiger partial charge in [-0.15, -0.1) is 0 Å². The molecule has 140 valence electrons. The molecule has 0 aliphatic heterocycles. The largest absolute Gasteiger partial charge is 0.462 e. The molecular formula is C20H36O4. The molecule has 0 heterocycles. The SMILES string of the molecule is CCCCCCC/C(C(=O)OCCC)=C(\CCC)C(=O)OCCC. The number of hydrogen-bond acceptors (Lipinski definition) is 4. The van der Waals surface area contributed by atoms with E-state index in [1.54, 1.807) is 0 Å².